The lowest BCUT2D eigenvalue weighted by atomic mass is 10.1. The number of hydrogen-bond acceptors (Lipinski definition) is 8. The summed E-state index contributed by atoms with van der Waals surface area (Å²) in [6.07, 6.45) is 7.55. The first kappa shape index (κ1) is 27.1. The highest BCUT2D eigenvalue weighted by Crippen LogP contribution is 2.81. The van der Waals surface area contributed by atoms with E-state index in [0.29, 0.717) is 25.7 Å². The van der Waals surface area contributed by atoms with Crippen molar-refractivity contribution in [2.24, 2.45) is 0 Å². The van der Waals surface area contributed by atoms with Gasteiger partial charge in [-0.25, -0.2) is 11.0 Å². The Hall–Kier alpha value is -0.180. The minimum Gasteiger partial charge on any atom is -0.305 e. The van der Waals surface area contributed by atoms with Crippen LogP contribution in [0.5, 0.6) is 0 Å². The topological polar surface area (TPSA) is 129 Å². The van der Waals surface area contributed by atoms with Crippen LogP contribution in [0.2, 0.25) is 0 Å². The molecular formula is C17H30Cl2N2O8P2. The Balaban J connectivity index is 2.26. The van der Waals surface area contributed by atoms with Gasteiger partial charge in [-0.2, -0.15) is 9.25 Å². The van der Waals surface area contributed by atoms with Crippen molar-refractivity contribution in [3.8, 4) is 0 Å². The number of hydrogen-bond donors (Lipinski definition) is 2. The minimum absolute atomic E-state index is 0.0688. The third-order valence-corrected chi connectivity index (χ3v) is 11.8. The fourth-order valence-electron chi connectivity index (χ4n) is 3.00. The van der Waals surface area contributed by atoms with Gasteiger partial charge in [-0.1, -0.05) is 61.7 Å². The van der Waals surface area contributed by atoms with E-state index in [1.807, 2.05) is 11.0 Å². The average molecular weight is 523 g/mol. The third kappa shape index (κ3) is 7.97. The van der Waals surface area contributed by atoms with Gasteiger partial charge in [-0.3, -0.25) is 18.7 Å². The van der Waals surface area contributed by atoms with Crippen LogP contribution in [0.3, 0.4) is 0 Å². The van der Waals surface area contributed by atoms with Gasteiger partial charge in [0.15, 0.2) is 0 Å². The zero-order valence-corrected chi connectivity index (χ0v) is 20.6. The summed E-state index contributed by atoms with van der Waals surface area (Å²) < 4.78 is 44.9. The van der Waals surface area contributed by atoms with E-state index in [-0.39, 0.29) is 26.1 Å². The molecule has 0 bridgehead atoms. The second-order valence-corrected chi connectivity index (χ2v) is 14.4. The molecule has 31 heavy (non-hydrogen) atoms. The maximum Gasteiger partial charge on any atom is 0.400 e. The minimum atomic E-state index is -4.70. The number of nitrogens with one attached hydrogen (secondary N) is 2. The first-order valence-electron chi connectivity index (χ1n) is 10.5. The van der Waals surface area contributed by atoms with Gasteiger partial charge in [0.2, 0.25) is 11.8 Å². The quantitative estimate of drug-likeness (QED) is 0.369. The maximum atomic E-state index is 13.5. The van der Waals surface area contributed by atoms with Gasteiger partial charge >= 0.3 is 19.0 Å². The summed E-state index contributed by atoms with van der Waals surface area (Å²) in [5.74, 6) is -1.11. The zero-order chi connectivity index (χ0) is 22.8. The van der Waals surface area contributed by atoms with Crippen molar-refractivity contribution < 1.29 is 37.0 Å². The van der Waals surface area contributed by atoms with E-state index in [1.54, 1.807) is 0 Å². The molecule has 0 aromatic carbocycles. The maximum absolute atomic E-state index is 13.5. The Labute approximate surface area is 192 Å². The molecule has 2 rings (SSSR count). The molecule has 2 amide bonds. The first-order chi connectivity index (χ1) is 14.7. The molecule has 0 spiro atoms. The summed E-state index contributed by atoms with van der Waals surface area (Å²) in [7, 11) is -9.40. The largest absolute Gasteiger partial charge is 0.400 e. The third-order valence-electron chi connectivity index (χ3n) is 4.84. The smallest absolute Gasteiger partial charge is 0.305 e. The van der Waals surface area contributed by atoms with Crippen LogP contribution >= 0.6 is 38.4 Å². The van der Waals surface area contributed by atoms with Crippen LogP contribution in [-0.2, 0) is 37.0 Å². The molecule has 2 aliphatic heterocycles. The Bertz CT molecular complexity index is 654. The molecule has 2 aliphatic rings. The summed E-state index contributed by atoms with van der Waals surface area (Å²) in [5, 5.41) is 0. The standard InChI is InChI=1S/C17H30Cl2N2O8P2/c18-17(19,30(24)26-13-9-5-1-3-7-11-15(22)20-28-30)31(25)27-14-10-6-2-4-8-12-16(23)21-29-31/h1-14H2,(H,20,22)(H,21,23). The highest BCUT2D eigenvalue weighted by atomic mass is 35.5. The van der Waals surface area contributed by atoms with Gasteiger partial charge in [-0.05, 0) is 25.7 Å². The van der Waals surface area contributed by atoms with E-state index in [4.69, 9.17) is 41.5 Å². The van der Waals surface area contributed by atoms with Crippen LogP contribution in [-0.4, -0.2) is 28.8 Å². The van der Waals surface area contributed by atoms with Gasteiger partial charge in [0.1, 0.15) is 0 Å². The van der Waals surface area contributed by atoms with Crippen molar-refractivity contribution in [2.45, 2.75) is 80.9 Å². The van der Waals surface area contributed by atoms with Crippen molar-refractivity contribution >= 4 is 50.2 Å². The molecule has 0 saturated carbocycles. The van der Waals surface area contributed by atoms with Gasteiger partial charge in [0.05, 0.1) is 13.2 Å². The first-order valence-corrected chi connectivity index (χ1v) is 14.4. The predicted octanol–water partition coefficient (Wildman–Crippen LogP) is 5.30. The summed E-state index contributed by atoms with van der Waals surface area (Å²) in [4.78, 5) is 24.0. The number of alkyl halides is 2. The number of carbonyl (C=O) groups excluding carboxylic acids is 2. The lowest BCUT2D eigenvalue weighted by Crippen LogP contribution is -2.32. The normalized spacial score (nSPS) is 31.7. The fourth-order valence-corrected chi connectivity index (χ4v) is 7.61. The lowest BCUT2D eigenvalue weighted by Gasteiger charge is -2.33. The van der Waals surface area contributed by atoms with Gasteiger partial charge < -0.3 is 9.05 Å². The van der Waals surface area contributed by atoms with Crippen molar-refractivity contribution in [1.29, 1.82) is 0 Å². The molecule has 0 radical (unpaired) electrons. The second kappa shape index (κ2) is 12.9. The number of hydroxylamine groups is 2. The van der Waals surface area contributed by atoms with Crippen LogP contribution in [0.25, 0.3) is 0 Å². The Morgan fingerprint density at radius 2 is 1.00 bits per heavy atom. The van der Waals surface area contributed by atoms with Crippen LogP contribution < -0.4 is 11.0 Å². The van der Waals surface area contributed by atoms with E-state index in [1.165, 1.54) is 0 Å². The molecule has 2 fully saturated rings. The van der Waals surface area contributed by atoms with Crippen molar-refractivity contribution in [1.82, 2.24) is 11.0 Å². The Morgan fingerprint density at radius 3 is 1.42 bits per heavy atom. The number of halogens is 2. The molecule has 0 aromatic rings. The monoisotopic (exact) mass is 522 g/mol. The number of rotatable bonds is 2. The summed E-state index contributed by atoms with van der Waals surface area (Å²) >= 11 is 12.6. The number of carbonyl (C=O) groups is 2. The fraction of sp³-hybridized carbons (Fsp3) is 0.882. The van der Waals surface area contributed by atoms with Crippen LogP contribution in [0, 0.1) is 0 Å². The number of amides is 2. The van der Waals surface area contributed by atoms with E-state index < -0.39 is 30.8 Å². The van der Waals surface area contributed by atoms with Gasteiger partial charge in [0, 0.05) is 12.8 Å². The SMILES string of the molecule is O=C1CCCCCCCOP(=O)(C(Cl)(Cl)P2(=O)OCCCCCCCC(=O)NO2)ON1. The van der Waals surface area contributed by atoms with E-state index >= 15 is 0 Å². The van der Waals surface area contributed by atoms with Crippen LogP contribution in [0.4, 0.5) is 0 Å². The predicted molar refractivity (Wildman–Crippen MR) is 115 cm³/mol. The molecule has 2 heterocycles. The summed E-state index contributed by atoms with van der Waals surface area (Å²) in [6.45, 7) is -0.138. The molecule has 10 nitrogen and oxygen atoms in total. The molecule has 14 heteroatoms. The van der Waals surface area contributed by atoms with Gasteiger partial charge in [-0.15, -0.1) is 0 Å². The summed E-state index contributed by atoms with van der Waals surface area (Å²) in [5.41, 5.74) is 4.03. The highest BCUT2D eigenvalue weighted by molar-refractivity contribution is 7.80. The molecule has 2 saturated heterocycles. The average Bonchev–Trinajstić information content (AvgIpc) is 2.72. The van der Waals surface area contributed by atoms with Crippen LogP contribution in [0.1, 0.15) is 77.0 Å². The van der Waals surface area contributed by atoms with Crippen molar-refractivity contribution in [2.75, 3.05) is 13.2 Å². The molecule has 0 aromatic heterocycles. The summed E-state index contributed by atoms with van der Waals surface area (Å²) in [6, 6.07) is 0. The molecule has 2 unspecified atom stereocenters. The lowest BCUT2D eigenvalue weighted by molar-refractivity contribution is -0.128. The van der Waals surface area contributed by atoms with E-state index in [2.05, 4.69) is 0 Å². The van der Waals surface area contributed by atoms with Crippen molar-refractivity contribution in [3.05, 3.63) is 0 Å². The molecular weight excluding hydrogens is 493 g/mol. The Morgan fingerprint density at radius 1 is 0.645 bits per heavy atom. The molecule has 180 valence electrons. The van der Waals surface area contributed by atoms with E-state index in [9.17, 15) is 18.7 Å². The highest BCUT2D eigenvalue weighted by Gasteiger charge is 2.66. The molecule has 2 N–H and O–H groups in total. The van der Waals surface area contributed by atoms with E-state index in [0.717, 1.165) is 38.5 Å². The van der Waals surface area contributed by atoms with Crippen molar-refractivity contribution in [3.63, 3.8) is 0 Å². The molecule has 0 aliphatic carbocycles. The van der Waals surface area contributed by atoms with Crippen LogP contribution in [0.15, 0.2) is 0 Å². The second-order valence-electron chi connectivity index (χ2n) is 7.44. The Kier molecular flexibility index (Phi) is 11.3. The van der Waals surface area contributed by atoms with Gasteiger partial charge in [0.25, 0.3) is 0 Å². The zero-order valence-electron chi connectivity index (χ0n) is 17.3. The molecule has 2 atom stereocenters.